The molecule has 1 aromatic carbocycles. The fourth-order valence-corrected chi connectivity index (χ4v) is 6.42. The molecule has 2 aliphatic heterocycles. The third kappa shape index (κ3) is 4.86. The Morgan fingerprint density at radius 3 is 2.81 bits per heavy atom. The zero-order valence-electron chi connectivity index (χ0n) is 17.8. The maximum atomic E-state index is 13.1. The second kappa shape index (κ2) is 9.13. The molecule has 0 bridgehead atoms. The third-order valence-electron chi connectivity index (χ3n) is 5.90. The van der Waals surface area contributed by atoms with Gasteiger partial charge in [0.05, 0.1) is 7.11 Å². The fraction of sp³-hybridized carbons (Fsp3) is 0.524. The Kier molecular flexibility index (Phi) is 6.49. The van der Waals surface area contributed by atoms with Gasteiger partial charge in [-0.2, -0.15) is 0 Å². The van der Waals surface area contributed by atoms with Gasteiger partial charge in [-0.25, -0.2) is 13.4 Å². The number of benzene rings is 1. The molecule has 0 saturated carbocycles. The summed E-state index contributed by atoms with van der Waals surface area (Å²) in [6.07, 6.45) is 6.62. The molecule has 1 N–H and O–H groups in total. The van der Waals surface area contributed by atoms with Gasteiger partial charge >= 0.3 is 0 Å². The van der Waals surface area contributed by atoms with Gasteiger partial charge in [0.25, 0.3) is 10.0 Å². The molecule has 3 heterocycles. The molecule has 10 heteroatoms. The van der Waals surface area contributed by atoms with E-state index in [2.05, 4.69) is 21.5 Å². The van der Waals surface area contributed by atoms with Crippen LogP contribution in [0.1, 0.15) is 43.9 Å². The average molecular weight is 465 g/mol. The number of methoxy groups -OCH3 is 1. The maximum Gasteiger partial charge on any atom is 0.267 e. The number of hydrogen-bond donors (Lipinski definition) is 1. The van der Waals surface area contributed by atoms with Crippen LogP contribution in [0.5, 0.6) is 5.75 Å². The maximum absolute atomic E-state index is 13.1. The van der Waals surface area contributed by atoms with E-state index in [0.717, 1.165) is 24.4 Å². The topological polar surface area (TPSA) is 91.8 Å². The SMILES string of the molecule is COc1ccc(N2CCCC2=O)cc1S(=O)(=O)Nc1ncc(CN2CCCCC2C)s1. The zero-order chi connectivity index (χ0) is 22.0. The van der Waals surface area contributed by atoms with E-state index in [-0.39, 0.29) is 16.6 Å². The van der Waals surface area contributed by atoms with Crippen LogP contribution < -0.4 is 14.4 Å². The van der Waals surface area contributed by atoms with Crippen LogP contribution in [0.3, 0.4) is 0 Å². The van der Waals surface area contributed by atoms with Gasteiger partial charge in [0.15, 0.2) is 5.13 Å². The molecule has 2 fully saturated rings. The highest BCUT2D eigenvalue weighted by Gasteiger charge is 2.27. The predicted octanol–water partition coefficient (Wildman–Crippen LogP) is 3.45. The molecule has 0 radical (unpaired) electrons. The Morgan fingerprint density at radius 2 is 2.10 bits per heavy atom. The minimum atomic E-state index is -3.93. The first-order valence-corrected chi connectivity index (χ1v) is 12.9. The van der Waals surface area contributed by atoms with Gasteiger partial charge < -0.3 is 9.64 Å². The largest absolute Gasteiger partial charge is 0.495 e. The van der Waals surface area contributed by atoms with E-state index in [4.69, 9.17) is 4.74 Å². The number of hydrogen-bond acceptors (Lipinski definition) is 7. The number of nitrogens with zero attached hydrogens (tertiary/aromatic N) is 3. The smallest absolute Gasteiger partial charge is 0.267 e. The van der Waals surface area contributed by atoms with Gasteiger partial charge in [0, 0.05) is 42.3 Å². The van der Waals surface area contributed by atoms with Crippen molar-refractivity contribution in [3.63, 3.8) is 0 Å². The van der Waals surface area contributed by atoms with Crippen molar-refractivity contribution >= 4 is 38.1 Å². The number of thiazole rings is 1. The second-order valence-corrected chi connectivity index (χ2v) is 10.8. The Morgan fingerprint density at radius 1 is 1.26 bits per heavy atom. The van der Waals surface area contributed by atoms with E-state index in [9.17, 15) is 13.2 Å². The van der Waals surface area contributed by atoms with Crippen molar-refractivity contribution in [2.45, 2.75) is 56.5 Å². The number of amides is 1. The molecule has 1 unspecified atom stereocenters. The Labute approximate surface area is 187 Å². The standard InChI is InChI=1S/C21H28N4O4S2/c1-15-6-3-4-10-24(15)14-17-13-22-21(30-17)23-31(27,28)19-12-16(8-9-18(19)29-2)25-11-5-7-20(25)26/h8-9,12-13,15H,3-7,10-11,14H2,1-2H3,(H,22,23). The number of aromatic nitrogens is 1. The summed E-state index contributed by atoms with van der Waals surface area (Å²) in [4.78, 5) is 21.4. The molecule has 8 nitrogen and oxygen atoms in total. The lowest BCUT2D eigenvalue weighted by Gasteiger charge is -2.32. The summed E-state index contributed by atoms with van der Waals surface area (Å²) >= 11 is 1.35. The first kappa shape index (κ1) is 22.0. The van der Waals surface area contributed by atoms with Crippen LogP contribution >= 0.6 is 11.3 Å². The summed E-state index contributed by atoms with van der Waals surface area (Å²) in [5, 5.41) is 0.323. The molecule has 2 saturated heterocycles. The van der Waals surface area contributed by atoms with Crippen molar-refractivity contribution in [2.24, 2.45) is 0 Å². The van der Waals surface area contributed by atoms with E-state index in [0.29, 0.717) is 29.8 Å². The minimum absolute atomic E-state index is 0.00187. The molecule has 0 aliphatic carbocycles. The van der Waals surface area contributed by atoms with Crippen LogP contribution in [0.4, 0.5) is 10.8 Å². The van der Waals surface area contributed by atoms with E-state index in [1.54, 1.807) is 23.2 Å². The molecular weight excluding hydrogens is 436 g/mol. The quantitative estimate of drug-likeness (QED) is 0.675. The van der Waals surface area contributed by atoms with E-state index >= 15 is 0 Å². The lowest BCUT2D eigenvalue weighted by atomic mass is 10.0. The summed E-state index contributed by atoms with van der Waals surface area (Å²) in [6.45, 7) is 4.65. The average Bonchev–Trinajstić information content (AvgIpc) is 3.37. The normalized spacial score (nSPS) is 20.3. The molecule has 2 aliphatic rings. The van der Waals surface area contributed by atoms with Crippen LogP contribution in [-0.2, 0) is 21.4 Å². The van der Waals surface area contributed by atoms with Gasteiger partial charge in [0.2, 0.25) is 5.91 Å². The molecule has 2 aromatic rings. The summed E-state index contributed by atoms with van der Waals surface area (Å²) < 4.78 is 34.2. The number of carbonyl (C=O) groups excluding carboxylic acids is 1. The lowest BCUT2D eigenvalue weighted by molar-refractivity contribution is -0.117. The van der Waals surface area contributed by atoms with Gasteiger partial charge in [-0.15, -0.1) is 0 Å². The number of piperidine rings is 1. The van der Waals surface area contributed by atoms with Crippen LogP contribution in [0.15, 0.2) is 29.3 Å². The second-order valence-electron chi connectivity index (χ2n) is 8.04. The molecular formula is C21H28N4O4S2. The fourth-order valence-electron chi connectivity index (χ4n) is 4.15. The highest BCUT2D eigenvalue weighted by atomic mass is 32.2. The van der Waals surface area contributed by atoms with Crippen molar-refractivity contribution in [1.82, 2.24) is 9.88 Å². The monoisotopic (exact) mass is 464 g/mol. The molecule has 0 spiro atoms. The summed E-state index contributed by atoms with van der Waals surface area (Å²) in [5.41, 5.74) is 0.558. The predicted molar refractivity (Wildman–Crippen MR) is 121 cm³/mol. The van der Waals surface area contributed by atoms with Crippen molar-refractivity contribution in [2.75, 3.05) is 29.8 Å². The summed E-state index contributed by atoms with van der Waals surface area (Å²) in [6, 6.07) is 5.31. The number of likely N-dealkylation sites (tertiary alicyclic amines) is 1. The minimum Gasteiger partial charge on any atom is -0.495 e. The van der Waals surface area contributed by atoms with Crippen LogP contribution in [0, 0.1) is 0 Å². The van der Waals surface area contributed by atoms with Crippen molar-refractivity contribution in [3.05, 3.63) is 29.3 Å². The van der Waals surface area contributed by atoms with Gasteiger partial charge in [-0.05, 0) is 50.9 Å². The third-order valence-corrected chi connectivity index (χ3v) is 8.28. The van der Waals surface area contributed by atoms with Crippen LogP contribution in [0.25, 0.3) is 0 Å². The van der Waals surface area contributed by atoms with Gasteiger partial charge in [-0.1, -0.05) is 17.8 Å². The zero-order valence-corrected chi connectivity index (χ0v) is 19.5. The van der Waals surface area contributed by atoms with E-state index < -0.39 is 10.0 Å². The first-order chi connectivity index (χ1) is 14.9. The molecule has 168 valence electrons. The number of anilines is 2. The van der Waals surface area contributed by atoms with Gasteiger partial charge in [0.1, 0.15) is 10.6 Å². The summed E-state index contributed by atoms with van der Waals surface area (Å²) in [7, 11) is -2.51. The molecule has 4 rings (SSSR count). The number of sulfonamides is 1. The Bertz CT molecular complexity index is 1050. The summed E-state index contributed by atoms with van der Waals surface area (Å²) in [5.74, 6) is 0.222. The van der Waals surface area contributed by atoms with E-state index in [1.165, 1.54) is 43.8 Å². The van der Waals surface area contributed by atoms with E-state index in [1.807, 2.05) is 0 Å². The highest BCUT2D eigenvalue weighted by molar-refractivity contribution is 7.93. The molecule has 31 heavy (non-hydrogen) atoms. The highest BCUT2D eigenvalue weighted by Crippen LogP contribution is 2.33. The number of nitrogens with one attached hydrogen (secondary N) is 1. The Balaban J connectivity index is 1.53. The number of carbonyl (C=O) groups is 1. The number of ether oxygens (including phenoxy) is 1. The van der Waals surface area contributed by atoms with Crippen molar-refractivity contribution in [3.8, 4) is 5.75 Å². The van der Waals surface area contributed by atoms with Crippen LogP contribution in [0.2, 0.25) is 0 Å². The molecule has 1 amide bonds. The molecule has 1 atom stereocenters. The Hall–Kier alpha value is -2.17. The van der Waals surface area contributed by atoms with Gasteiger partial charge in [-0.3, -0.25) is 14.4 Å². The molecule has 1 aromatic heterocycles. The van der Waals surface area contributed by atoms with Crippen LogP contribution in [-0.4, -0.2) is 50.5 Å². The van der Waals surface area contributed by atoms with Crippen molar-refractivity contribution in [1.29, 1.82) is 0 Å². The van der Waals surface area contributed by atoms with Crippen molar-refractivity contribution < 1.29 is 17.9 Å². The first-order valence-electron chi connectivity index (χ1n) is 10.6. The number of rotatable bonds is 7. The lowest BCUT2D eigenvalue weighted by Crippen LogP contribution is -2.36.